The maximum atomic E-state index is 12.0. The molecule has 0 aliphatic heterocycles. The van der Waals surface area contributed by atoms with Crippen molar-refractivity contribution in [1.82, 2.24) is 5.32 Å². The topological polar surface area (TPSA) is 78.4 Å². The number of amides is 2. The Morgan fingerprint density at radius 2 is 2.05 bits per heavy atom. The van der Waals surface area contributed by atoms with E-state index in [-0.39, 0.29) is 5.92 Å². The third-order valence-electron chi connectivity index (χ3n) is 3.58. The van der Waals surface area contributed by atoms with Gasteiger partial charge < -0.3 is 15.7 Å². The number of aliphatic carboxylic acids is 1. The molecule has 2 rings (SSSR count). The lowest BCUT2D eigenvalue weighted by molar-refractivity contribution is -0.144. The normalized spacial score (nSPS) is 17.1. The summed E-state index contributed by atoms with van der Waals surface area (Å²) < 4.78 is 0. The molecular weight excluding hydrogens is 280 g/mol. The number of carbonyl (C=O) groups is 2. The van der Waals surface area contributed by atoms with Crippen molar-refractivity contribution in [2.24, 2.45) is 5.92 Å². The van der Waals surface area contributed by atoms with Crippen molar-refractivity contribution in [3.05, 3.63) is 28.8 Å². The zero-order valence-corrected chi connectivity index (χ0v) is 12.1. The van der Waals surface area contributed by atoms with Crippen LogP contribution in [0.4, 0.5) is 10.5 Å². The molecule has 1 unspecified atom stereocenters. The minimum atomic E-state index is -1.24. The number of aryl methyl sites for hydroxylation is 1. The van der Waals surface area contributed by atoms with Crippen molar-refractivity contribution in [1.29, 1.82) is 0 Å². The molecule has 0 aromatic heterocycles. The van der Waals surface area contributed by atoms with Crippen LogP contribution in [0.15, 0.2) is 18.2 Å². The molecule has 0 bridgehead atoms. The number of hydrogen-bond donors (Lipinski definition) is 3. The Bertz CT molecular complexity index is 557. The first kappa shape index (κ1) is 14.7. The molecule has 1 fully saturated rings. The number of carbonyl (C=O) groups excluding carboxylic acids is 1. The van der Waals surface area contributed by atoms with Gasteiger partial charge in [-0.05, 0) is 50.3 Å². The zero-order chi connectivity index (χ0) is 14.9. The summed E-state index contributed by atoms with van der Waals surface area (Å²) in [6.45, 7) is 3.41. The fourth-order valence-electron chi connectivity index (χ4n) is 2.12. The maximum Gasteiger partial charge on any atom is 0.329 e. The van der Waals surface area contributed by atoms with E-state index < -0.39 is 17.5 Å². The van der Waals surface area contributed by atoms with Crippen LogP contribution in [0.3, 0.4) is 0 Å². The molecule has 108 valence electrons. The maximum absolute atomic E-state index is 12.0. The number of urea groups is 1. The number of rotatable bonds is 4. The van der Waals surface area contributed by atoms with Crippen LogP contribution in [-0.4, -0.2) is 22.6 Å². The van der Waals surface area contributed by atoms with Crippen LogP contribution in [0, 0.1) is 12.8 Å². The number of carboxylic acids is 1. The average molecular weight is 297 g/mol. The van der Waals surface area contributed by atoms with Gasteiger partial charge in [-0.2, -0.15) is 0 Å². The van der Waals surface area contributed by atoms with Crippen LogP contribution in [-0.2, 0) is 4.79 Å². The molecule has 20 heavy (non-hydrogen) atoms. The molecule has 2 amide bonds. The van der Waals surface area contributed by atoms with Gasteiger partial charge in [0.15, 0.2) is 0 Å². The quantitative estimate of drug-likeness (QED) is 0.799. The monoisotopic (exact) mass is 296 g/mol. The van der Waals surface area contributed by atoms with Crippen molar-refractivity contribution >= 4 is 29.3 Å². The fraction of sp³-hybridized carbons (Fsp3) is 0.429. The summed E-state index contributed by atoms with van der Waals surface area (Å²) in [5.41, 5.74) is 0.181. The minimum Gasteiger partial charge on any atom is -0.480 e. The summed E-state index contributed by atoms with van der Waals surface area (Å²) in [6.07, 6.45) is 1.63. The van der Waals surface area contributed by atoms with E-state index in [2.05, 4.69) is 10.6 Å². The van der Waals surface area contributed by atoms with Gasteiger partial charge in [0, 0.05) is 0 Å². The van der Waals surface area contributed by atoms with Crippen LogP contribution in [0.25, 0.3) is 0 Å². The molecule has 0 radical (unpaired) electrons. The predicted octanol–water partition coefficient (Wildman–Crippen LogP) is 3.02. The molecule has 5 nitrogen and oxygen atoms in total. The van der Waals surface area contributed by atoms with Crippen LogP contribution < -0.4 is 10.6 Å². The Kier molecular flexibility index (Phi) is 3.90. The number of halogens is 1. The molecule has 6 heteroatoms. The second kappa shape index (κ2) is 5.32. The molecule has 1 atom stereocenters. The number of hydrogen-bond acceptors (Lipinski definition) is 2. The molecule has 1 aromatic rings. The van der Waals surface area contributed by atoms with Gasteiger partial charge in [-0.3, -0.25) is 0 Å². The summed E-state index contributed by atoms with van der Waals surface area (Å²) in [5, 5.41) is 14.8. The molecule has 0 heterocycles. The van der Waals surface area contributed by atoms with E-state index in [1.165, 1.54) is 6.92 Å². The van der Waals surface area contributed by atoms with Crippen molar-refractivity contribution in [3.8, 4) is 0 Å². The van der Waals surface area contributed by atoms with E-state index in [4.69, 9.17) is 11.6 Å². The van der Waals surface area contributed by atoms with Crippen LogP contribution in [0.5, 0.6) is 0 Å². The summed E-state index contributed by atoms with van der Waals surface area (Å²) in [7, 11) is 0. The Morgan fingerprint density at radius 3 is 2.60 bits per heavy atom. The lowest BCUT2D eigenvalue weighted by Gasteiger charge is -2.26. The lowest BCUT2D eigenvalue weighted by atomic mass is 9.96. The zero-order valence-electron chi connectivity index (χ0n) is 11.4. The largest absolute Gasteiger partial charge is 0.480 e. The Labute approximate surface area is 122 Å². The van der Waals surface area contributed by atoms with Crippen molar-refractivity contribution < 1.29 is 14.7 Å². The first-order valence-electron chi connectivity index (χ1n) is 6.41. The van der Waals surface area contributed by atoms with Gasteiger partial charge in [0.25, 0.3) is 0 Å². The Hall–Kier alpha value is -1.75. The van der Waals surface area contributed by atoms with Gasteiger partial charge in [0.1, 0.15) is 5.54 Å². The van der Waals surface area contributed by atoms with Crippen LogP contribution in [0.1, 0.15) is 25.3 Å². The number of anilines is 1. The molecular formula is C14H17ClN2O3. The Balaban J connectivity index is 2.08. The van der Waals surface area contributed by atoms with Gasteiger partial charge in [-0.15, -0.1) is 0 Å². The Morgan fingerprint density at radius 1 is 1.40 bits per heavy atom. The van der Waals surface area contributed by atoms with E-state index in [9.17, 15) is 14.7 Å². The highest BCUT2D eigenvalue weighted by atomic mass is 35.5. The molecule has 0 saturated heterocycles. The first-order valence-corrected chi connectivity index (χ1v) is 6.79. The first-order chi connectivity index (χ1) is 9.33. The average Bonchev–Trinajstić information content (AvgIpc) is 3.17. The SMILES string of the molecule is Cc1ccc(Cl)c(NC(=O)NC(C)(C(=O)O)C2CC2)c1. The van der Waals surface area contributed by atoms with E-state index in [1.807, 2.05) is 13.0 Å². The van der Waals surface area contributed by atoms with E-state index in [1.54, 1.807) is 12.1 Å². The molecule has 0 spiro atoms. The summed E-state index contributed by atoms with van der Waals surface area (Å²) >= 11 is 5.99. The number of benzene rings is 1. The molecule has 1 aliphatic carbocycles. The summed E-state index contributed by atoms with van der Waals surface area (Å²) in [4.78, 5) is 23.3. The summed E-state index contributed by atoms with van der Waals surface area (Å²) in [5.74, 6) is -1.04. The van der Waals surface area contributed by atoms with Crippen molar-refractivity contribution in [3.63, 3.8) is 0 Å². The van der Waals surface area contributed by atoms with Crippen LogP contribution >= 0.6 is 11.6 Å². The lowest BCUT2D eigenvalue weighted by Crippen LogP contribution is -2.55. The predicted molar refractivity (Wildman–Crippen MR) is 77.1 cm³/mol. The van der Waals surface area contributed by atoms with Gasteiger partial charge >= 0.3 is 12.0 Å². The number of nitrogens with one attached hydrogen (secondary N) is 2. The van der Waals surface area contributed by atoms with E-state index in [0.717, 1.165) is 18.4 Å². The second-order valence-corrected chi connectivity index (χ2v) is 5.75. The highest BCUT2D eigenvalue weighted by molar-refractivity contribution is 6.33. The van der Waals surface area contributed by atoms with Crippen molar-refractivity contribution in [2.45, 2.75) is 32.2 Å². The van der Waals surface area contributed by atoms with Gasteiger partial charge in [-0.1, -0.05) is 17.7 Å². The molecule has 1 saturated carbocycles. The molecule has 1 aromatic carbocycles. The second-order valence-electron chi connectivity index (χ2n) is 5.34. The highest BCUT2D eigenvalue weighted by Gasteiger charge is 2.48. The fourth-order valence-corrected chi connectivity index (χ4v) is 2.28. The third-order valence-corrected chi connectivity index (χ3v) is 3.91. The standard InChI is InChI=1S/C14H17ClN2O3/c1-8-3-6-10(15)11(7-8)16-13(20)17-14(2,12(18)19)9-4-5-9/h3,6-7,9H,4-5H2,1-2H3,(H,18,19)(H2,16,17,20). The van der Waals surface area contributed by atoms with Crippen LogP contribution in [0.2, 0.25) is 5.02 Å². The van der Waals surface area contributed by atoms with Gasteiger partial charge in [0.2, 0.25) is 0 Å². The summed E-state index contributed by atoms with van der Waals surface area (Å²) in [6, 6.07) is 4.69. The van der Waals surface area contributed by atoms with Gasteiger partial charge in [-0.25, -0.2) is 9.59 Å². The minimum absolute atomic E-state index is 0.0151. The van der Waals surface area contributed by atoms with Crippen molar-refractivity contribution in [2.75, 3.05) is 5.32 Å². The van der Waals surface area contributed by atoms with Gasteiger partial charge in [0.05, 0.1) is 10.7 Å². The highest BCUT2D eigenvalue weighted by Crippen LogP contribution is 2.39. The molecule has 1 aliphatic rings. The molecule has 3 N–H and O–H groups in total. The number of carboxylic acid groups (broad SMARTS) is 1. The third kappa shape index (κ3) is 3.04. The van der Waals surface area contributed by atoms with E-state index >= 15 is 0 Å². The van der Waals surface area contributed by atoms with E-state index in [0.29, 0.717) is 10.7 Å². The smallest absolute Gasteiger partial charge is 0.329 e.